The topological polar surface area (TPSA) is 43.7 Å². The molecular formula is C7H17NO2. The van der Waals surface area contributed by atoms with Gasteiger partial charge in [-0.25, -0.2) is 0 Å². The molecule has 0 radical (unpaired) electrons. The Balaban J connectivity index is 3.31. The third-order valence-corrected chi connectivity index (χ3v) is 1.54. The molecule has 1 unspecified atom stereocenters. The highest BCUT2D eigenvalue weighted by atomic mass is 16.3. The van der Waals surface area contributed by atoms with Crippen LogP contribution in [0, 0.1) is 0 Å². The van der Waals surface area contributed by atoms with Crippen molar-refractivity contribution in [2.45, 2.75) is 26.0 Å². The van der Waals surface area contributed by atoms with E-state index in [2.05, 4.69) is 0 Å². The van der Waals surface area contributed by atoms with Crippen LogP contribution in [-0.4, -0.2) is 41.5 Å². The van der Waals surface area contributed by atoms with Gasteiger partial charge in [-0.1, -0.05) is 6.92 Å². The van der Waals surface area contributed by atoms with Crippen LogP contribution in [0.5, 0.6) is 0 Å². The quantitative estimate of drug-likeness (QED) is 0.539. The monoisotopic (exact) mass is 147 g/mol. The van der Waals surface area contributed by atoms with E-state index in [1.165, 1.54) is 0 Å². The normalized spacial score (nSPS) is 14.1. The highest BCUT2D eigenvalue weighted by molar-refractivity contribution is 4.53. The highest BCUT2D eigenvalue weighted by Gasteiger charge is 2.05. The van der Waals surface area contributed by atoms with Gasteiger partial charge in [0.15, 0.2) is 0 Å². The Morgan fingerprint density at radius 2 is 2.10 bits per heavy atom. The molecule has 10 heavy (non-hydrogen) atoms. The van der Waals surface area contributed by atoms with Gasteiger partial charge >= 0.3 is 0 Å². The van der Waals surface area contributed by atoms with Crippen molar-refractivity contribution in [3.8, 4) is 0 Å². The van der Waals surface area contributed by atoms with Gasteiger partial charge in [0.1, 0.15) is 6.23 Å². The number of aliphatic hydroxyl groups excluding tert-OH is 2. The van der Waals surface area contributed by atoms with E-state index >= 15 is 0 Å². The second kappa shape index (κ2) is 5.65. The summed E-state index contributed by atoms with van der Waals surface area (Å²) in [6.07, 6.45) is 1.11. The lowest BCUT2D eigenvalue weighted by Crippen LogP contribution is -2.31. The molecule has 0 heterocycles. The van der Waals surface area contributed by atoms with Gasteiger partial charge in [0.2, 0.25) is 0 Å². The van der Waals surface area contributed by atoms with Gasteiger partial charge in [-0.05, 0) is 19.9 Å². The largest absolute Gasteiger partial charge is 0.396 e. The zero-order valence-corrected chi connectivity index (χ0v) is 6.75. The van der Waals surface area contributed by atoms with Crippen molar-refractivity contribution >= 4 is 0 Å². The van der Waals surface area contributed by atoms with Gasteiger partial charge in [-0.2, -0.15) is 0 Å². The van der Waals surface area contributed by atoms with Crippen molar-refractivity contribution in [2.24, 2.45) is 0 Å². The molecular weight excluding hydrogens is 130 g/mol. The van der Waals surface area contributed by atoms with Crippen molar-refractivity contribution in [1.82, 2.24) is 4.90 Å². The van der Waals surface area contributed by atoms with Crippen LogP contribution in [0.1, 0.15) is 19.8 Å². The summed E-state index contributed by atoms with van der Waals surface area (Å²) in [5, 5.41) is 17.7. The van der Waals surface area contributed by atoms with Gasteiger partial charge in [-0.15, -0.1) is 0 Å². The van der Waals surface area contributed by atoms with E-state index in [1.54, 1.807) is 0 Å². The van der Waals surface area contributed by atoms with E-state index in [0.29, 0.717) is 0 Å². The molecule has 0 saturated heterocycles. The molecule has 62 valence electrons. The van der Waals surface area contributed by atoms with E-state index < -0.39 is 0 Å². The van der Waals surface area contributed by atoms with Crippen LogP contribution < -0.4 is 0 Å². The highest BCUT2D eigenvalue weighted by Crippen LogP contribution is 1.96. The third kappa shape index (κ3) is 3.82. The van der Waals surface area contributed by atoms with Gasteiger partial charge in [0.25, 0.3) is 0 Å². The molecule has 0 rings (SSSR count). The van der Waals surface area contributed by atoms with Crippen molar-refractivity contribution in [1.29, 1.82) is 0 Å². The zero-order chi connectivity index (χ0) is 7.98. The molecule has 0 fully saturated rings. The van der Waals surface area contributed by atoms with Crippen molar-refractivity contribution in [3.05, 3.63) is 0 Å². The van der Waals surface area contributed by atoms with Crippen LogP contribution in [0.4, 0.5) is 0 Å². The van der Waals surface area contributed by atoms with Crippen LogP contribution in [0.2, 0.25) is 0 Å². The number of nitrogens with zero attached hydrogens (tertiary/aromatic N) is 1. The Hall–Kier alpha value is -0.120. The Morgan fingerprint density at radius 1 is 1.50 bits per heavy atom. The molecule has 0 aromatic carbocycles. The Kier molecular flexibility index (Phi) is 5.58. The zero-order valence-electron chi connectivity index (χ0n) is 6.75. The van der Waals surface area contributed by atoms with Crippen LogP contribution in [0.15, 0.2) is 0 Å². The molecule has 0 amide bonds. The minimum Gasteiger partial charge on any atom is -0.396 e. The molecule has 0 aliphatic heterocycles. The average Bonchev–Trinajstić information content (AvgIpc) is 1.98. The fourth-order valence-electron chi connectivity index (χ4n) is 0.781. The standard InChI is InChI=1S/C7H17NO2/c1-3-7(10)8(2)5-4-6-9/h7,9-10H,3-6H2,1-2H3. The minimum absolute atomic E-state index is 0.195. The van der Waals surface area contributed by atoms with Gasteiger partial charge < -0.3 is 10.2 Å². The van der Waals surface area contributed by atoms with E-state index in [1.807, 2.05) is 18.9 Å². The van der Waals surface area contributed by atoms with E-state index in [0.717, 1.165) is 19.4 Å². The summed E-state index contributed by atoms with van der Waals surface area (Å²) < 4.78 is 0. The molecule has 0 spiro atoms. The first-order valence-electron chi connectivity index (χ1n) is 3.71. The fourth-order valence-corrected chi connectivity index (χ4v) is 0.781. The molecule has 2 N–H and O–H groups in total. The lowest BCUT2D eigenvalue weighted by Gasteiger charge is -2.21. The van der Waals surface area contributed by atoms with Gasteiger partial charge in [-0.3, -0.25) is 4.90 Å². The molecule has 3 heteroatoms. The summed E-state index contributed by atoms with van der Waals surface area (Å²) >= 11 is 0. The first-order valence-corrected chi connectivity index (χ1v) is 3.71. The maximum absolute atomic E-state index is 9.20. The van der Waals surface area contributed by atoms with Gasteiger partial charge in [0, 0.05) is 13.2 Å². The number of aliphatic hydroxyl groups is 2. The van der Waals surface area contributed by atoms with Crippen molar-refractivity contribution in [2.75, 3.05) is 20.2 Å². The summed E-state index contributed by atoms with van der Waals surface area (Å²) in [6.45, 7) is 2.88. The van der Waals surface area contributed by atoms with Crippen LogP contribution in [0.25, 0.3) is 0 Å². The van der Waals surface area contributed by atoms with Crippen LogP contribution >= 0.6 is 0 Å². The maximum atomic E-state index is 9.20. The predicted octanol–water partition coefficient (Wildman–Crippen LogP) is 0.0290. The molecule has 0 aliphatic rings. The second-order valence-corrected chi connectivity index (χ2v) is 2.45. The first kappa shape index (κ1) is 9.88. The molecule has 0 aromatic rings. The maximum Gasteiger partial charge on any atom is 0.106 e. The van der Waals surface area contributed by atoms with Crippen molar-refractivity contribution < 1.29 is 10.2 Å². The summed E-state index contributed by atoms with van der Waals surface area (Å²) in [5.74, 6) is 0. The Morgan fingerprint density at radius 3 is 2.50 bits per heavy atom. The molecule has 1 atom stereocenters. The van der Waals surface area contributed by atoms with E-state index in [-0.39, 0.29) is 12.8 Å². The fraction of sp³-hybridized carbons (Fsp3) is 1.00. The lowest BCUT2D eigenvalue weighted by molar-refractivity contribution is 0.0165. The van der Waals surface area contributed by atoms with Crippen LogP contribution in [0.3, 0.4) is 0 Å². The molecule has 0 aromatic heterocycles. The number of hydrogen-bond donors (Lipinski definition) is 2. The lowest BCUT2D eigenvalue weighted by atomic mass is 10.3. The first-order chi connectivity index (χ1) is 4.72. The van der Waals surface area contributed by atoms with Crippen molar-refractivity contribution in [3.63, 3.8) is 0 Å². The smallest absolute Gasteiger partial charge is 0.106 e. The minimum atomic E-state index is -0.355. The molecule has 0 saturated carbocycles. The summed E-state index contributed by atoms with van der Waals surface area (Å²) in [5.41, 5.74) is 0. The SMILES string of the molecule is CCC(O)N(C)CCCO. The van der Waals surface area contributed by atoms with E-state index in [9.17, 15) is 5.11 Å². The Bertz CT molecular complexity index is 78.0. The second-order valence-electron chi connectivity index (χ2n) is 2.45. The predicted molar refractivity (Wildman–Crippen MR) is 40.6 cm³/mol. The van der Waals surface area contributed by atoms with Crippen LogP contribution in [-0.2, 0) is 0 Å². The third-order valence-electron chi connectivity index (χ3n) is 1.54. The number of rotatable bonds is 5. The average molecular weight is 147 g/mol. The summed E-state index contributed by atoms with van der Waals surface area (Å²) in [6, 6.07) is 0. The summed E-state index contributed by atoms with van der Waals surface area (Å²) in [7, 11) is 1.85. The number of hydrogen-bond acceptors (Lipinski definition) is 3. The molecule has 3 nitrogen and oxygen atoms in total. The molecule has 0 bridgehead atoms. The Labute approximate surface area is 62.3 Å². The molecule has 0 aliphatic carbocycles. The van der Waals surface area contributed by atoms with E-state index in [4.69, 9.17) is 5.11 Å². The summed E-state index contributed by atoms with van der Waals surface area (Å²) in [4.78, 5) is 1.83. The van der Waals surface area contributed by atoms with Gasteiger partial charge in [0.05, 0.1) is 0 Å².